The van der Waals surface area contributed by atoms with E-state index in [1.165, 1.54) is 5.56 Å². The van der Waals surface area contributed by atoms with Crippen molar-refractivity contribution in [2.45, 2.75) is 26.3 Å². The van der Waals surface area contributed by atoms with Gasteiger partial charge in [-0.05, 0) is 24.1 Å². The molecule has 3 heteroatoms. The molecule has 2 aromatic carbocycles. The number of aromatic nitrogens is 2. The van der Waals surface area contributed by atoms with Crippen LogP contribution in [0.25, 0.3) is 10.9 Å². The molecule has 0 aliphatic rings. The van der Waals surface area contributed by atoms with Gasteiger partial charge in [-0.2, -0.15) is 5.10 Å². The third-order valence-electron chi connectivity index (χ3n) is 3.47. The van der Waals surface area contributed by atoms with Crippen LogP contribution < -0.4 is 0 Å². The van der Waals surface area contributed by atoms with Crippen LogP contribution >= 0.6 is 0 Å². The van der Waals surface area contributed by atoms with Crippen LogP contribution in [0, 0.1) is 0 Å². The Kier molecular flexibility index (Phi) is 3.42. The average molecular weight is 266 g/mol. The highest BCUT2D eigenvalue weighted by atomic mass is 16.3. The smallest absolute Gasteiger partial charge is 0.117 e. The Bertz CT molecular complexity index is 716. The van der Waals surface area contributed by atoms with Crippen LogP contribution in [0.5, 0.6) is 5.75 Å². The molecule has 1 heterocycles. The molecule has 102 valence electrons. The molecule has 0 bridgehead atoms. The highest BCUT2D eigenvalue weighted by Crippen LogP contribution is 2.24. The zero-order chi connectivity index (χ0) is 13.9. The molecule has 0 saturated heterocycles. The van der Waals surface area contributed by atoms with E-state index in [2.05, 4.69) is 19.1 Å². The van der Waals surface area contributed by atoms with Gasteiger partial charge in [0.05, 0.1) is 17.8 Å². The molecule has 0 unspecified atom stereocenters. The van der Waals surface area contributed by atoms with E-state index in [-0.39, 0.29) is 5.75 Å². The van der Waals surface area contributed by atoms with Gasteiger partial charge in [-0.3, -0.25) is 4.68 Å². The van der Waals surface area contributed by atoms with Crippen molar-refractivity contribution in [1.29, 1.82) is 0 Å². The van der Waals surface area contributed by atoms with Crippen LogP contribution in [0.4, 0.5) is 0 Å². The zero-order valence-corrected chi connectivity index (χ0v) is 11.6. The first kappa shape index (κ1) is 12.7. The van der Waals surface area contributed by atoms with Crippen molar-refractivity contribution < 1.29 is 5.11 Å². The summed E-state index contributed by atoms with van der Waals surface area (Å²) in [5, 5.41) is 15.6. The van der Waals surface area contributed by atoms with Crippen LogP contribution in [-0.2, 0) is 13.0 Å². The summed E-state index contributed by atoms with van der Waals surface area (Å²) in [6.07, 6.45) is 2.03. The second-order valence-electron chi connectivity index (χ2n) is 5.04. The summed E-state index contributed by atoms with van der Waals surface area (Å²) in [7, 11) is 0. The molecule has 3 aromatic rings. The maximum absolute atomic E-state index is 9.72. The van der Waals surface area contributed by atoms with Crippen molar-refractivity contribution in [3.63, 3.8) is 0 Å². The summed E-state index contributed by atoms with van der Waals surface area (Å²) in [6.45, 7) is 2.88. The largest absolute Gasteiger partial charge is 0.508 e. The molecule has 0 radical (unpaired) electrons. The monoisotopic (exact) mass is 266 g/mol. The maximum Gasteiger partial charge on any atom is 0.117 e. The number of hydrogen-bond donors (Lipinski definition) is 1. The first-order chi connectivity index (χ1) is 9.78. The molecule has 3 nitrogen and oxygen atoms in total. The minimum Gasteiger partial charge on any atom is -0.508 e. The van der Waals surface area contributed by atoms with Gasteiger partial charge in [0.1, 0.15) is 5.75 Å². The molecule has 20 heavy (non-hydrogen) atoms. The lowest BCUT2D eigenvalue weighted by atomic mass is 10.1. The van der Waals surface area contributed by atoms with E-state index in [0.717, 1.165) is 36.0 Å². The number of rotatable bonds is 4. The Balaban J connectivity index is 2.07. The predicted octanol–water partition coefficient (Wildman–Crippen LogP) is 3.74. The van der Waals surface area contributed by atoms with Crippen molar-refractivity contribution >= 4 is 10.9 Å². The van der Waals surface area contributed by atoms with E-state index in [4.69, 9.17) is 5.10 Å². The molecule has 0 aliphatic carbocycles. The normalized spacial score (nSPS) is 11.1. The van der Waals surface area contributed by atoms with E-state index in [1.807, 2.05) is 28.9 Å². The number of hydrogen-bond acceptors (Lipinski definition) is 2. The number of phenolic OH excluding ortho intramolecular Hbond substituents is 1. The molecule has 0 amide bonds. The van der Waals surface area contributed by atoms with Crippen molar-refractivity contribution in [2.24, 2.45) is 0 Å². The van der Waals surface area contributed by atoms with Gasteiger partial charge in [-0.15, -0.1) is 0 Å². The molecule has 1 aromatic heterocycles. The Hall–Kier alpha value is -2.29. The zero-order valence-electron chi connectivity index (χ0n) is 11.6. The van der Waals surface area contributed by atoms with Crippen LogP contribution in [-0.4, -0.2) is 14.9 Å². The van der Waals surface area contributed by atoms with Crippen LogP contribution in [0.15, 0.2) is 48.5 Å². The van der Waals surface area contributed by atoms with Gasteiger partial charge in [0.15, 0.2) is 0 Å². The van der Waals surface area contributed by atoms with Gasteiger partial charge in [0.25, 0.3) is 0 Å². The third-order valence-corrected chi connectivity index (χ3v) is 3.47. The van der Waals surface area contributed by atoms with Crippen molar-refractivity contribution in [2.75, 3.05) is 0 Å². The minimum absolute atomic E-state index is 0.287. The summed E-state index contributed by atoms with van der Waals surface area (Å²) in [6, 6.07) is 15.8. The fourth-order valence-electron chi connectivity index (χ4n) is 2.53. The van der Waals surface area contributed by atoms with E-state index < -0.39 is 0 Å². The Morgan fingerprint density at radius 1 is 1.10 bits per heavy atom. The molecule has 0 aliphatic heterocycles. The molecule has 0 spiro atoms. The first-order valence-corrected chi connectivity index (χ1v) is 7.00. The first-order valence-electron chi connectivity index (χ1n) is 7.00. The fraction of sp³-hybridized carbons (Fsp3) is 0.235. The third kappa shape index (κ3) is 2.39. The van der Waals surface area contributed by atoms with E-state index >= 15 is 0 Å². The van der Waals surface area contributed by atoms with Gasteiger partial charge >= 0.3 is 0 Å². The van der Waals surface area contributed by atoms with Crippen LogP contribution in [0.3, 0.4) is 0 Å². The number of aryl methyl sites for hydroxylation is 1. The molecule has 0 saturated carbocycles. The summed E-state index contributed by atoms with van der Waals surface area (Å²) < 4.78 is 1.98. The highest BCUT2D eigenvalue weighted by molar-refractivity contribution is 5.83. The van der Waals surface area contributed by atoms with Gasteiger partial charge in [0, 0.05) is 11.5 Å². The van der Waals surface area contributed by atoms with Gasteiger partial charge in [-0.1, -0.05) is 43.7 Å². The molecule has 3 rings (SSSR count). The van der Waals surface area contributed by atoms with E-state index in [9.17, 15) is 5.11 Å². The average Bonchev–Trinajstić information content (AvgIpc) is 2.78. The summed E-state index contributed by atoms with van der Waals surface area (Å²) in [5.41, 5.74) is 3.32. The van der Waals surface area contributed by atoms with Gasteiger partial charge in [0.2, 0.25) is 0 Å². The predicted molar refractivity (Wildman–Crippen MR) is 80.9 cm³/mol. The van der Waals surface area contributed by atoms with Crippen molar-refractivity contribution in [1.82, 2.24) is 9.78 Å². The molecule has 0 atom stereocenters. The number of nitrogens with zero attached hydrogens (tertiary/aromatic N) is 2. The quantitative estimate of drug-likeness (QED) is 0.781. The Morgan fingerprint density at radius 3 is 2.65 bits per heavy atom. The second-order valence-corrected chi connectivity index (χ2v) is 5.04. The van der Waals surface area contributed by atoms with Gasteiger partial charge in [-0.25, -0.2) is 0 Å². The van der Waals surface area contributed by atoms with Crippen LogP contribution in [0.1, 0.15) is 24.6 Å². The number of fused-ring (bicyclic) bond motifs is 1. The molecule has 1 N–H and O–H groups in total. The van der Waals surface area contributed by atoms with Crippen LogP contribution in [0.2, 0.25) is 0 Å². The summed E-state index contributed by atoms with van der Waals surface area (Å²) in [5.74, 6) is 0.287. The summed E-state index contributed by atoms with van der Waals surface area (Å²) >= 11 is 0. The molecular formula is C17H18N2O. The highest BCUT2D eigenvalue weighted by Gasteiger charge is 2.10. The summed E-state index contributed by atoms with van der Waals surface area (Å²) in [4.78, 5) is 0. The lowest BCUT2D eigenvalue weighted by Crippen LogP contribution is -2.02. The van der Waals surface area contributed by atoms with E-state index in [1.54, 1.807) is 12.1 Å². The second kappa shape index (κ2) is 5.37. The molecular weight excluding hydrogens is 248 g/mol. The number of aromatic hydroxyl groups is 1. The van der Waals surface area contributed by atoms with E-state index in [0.29, 0.717) is 0 Å². The standard InChI is InChI=1S/C17H18N2O/c1-2-6-16-15-10-9-14(20)11-17(15)19(18-16)12-13-7-4-3-5-8-13/h3-5,7-11,20H,2,6,12H2,1H3. The lowest BCUT2D eigenvalue weighted by Gasteiger charge is -2.03. The maximum atomic E-state index is 9.72. The van der Waals surface area contributed by atoms with Crippen molar-refractivity contribution in [3.05, 3.63) is 59.8 Å². The Labute approximate surface area is 118 Å². The molecule has 0 fully saturated rings. The topological polar surface area (TPSA) is 38.0 Å². The van der Waals surface area contributed by atoms with Crippen molar-refractivity contribution in [3.8, 4) is 5.75 Å². The number of benzene rings is 2. The van der Waals surface area contributed by atoms with Gasteiger partial charge < -0.3 is 5.11 Å². The number of phenols is 1. The minimum atomic E-state index is 0.287. The SMILES string of the molecule is CCCc1nn(Cc2ccccc2)c2cc(O)ccc12. The Morgan fingerprint density at radius 2 is 1.90 bits per heavy atom. The fourth-order valence-corrected chi connectivity index (χ4v) is 2.53. The lowest BCUT2D eigenvalue weighted by molar-refractivity contribution is 0.475.